The largest absolute Gasteiger partial charge is 0.469 e. The van der Waals surface area contributed by atoms with Crippen molar-refractivity contribution in [1.29, 1.82) is 0 Å². The van der Waals surface area contributed by atoms with E-state index in [1.807, 2.05) is 12.1 Å². The summed E-state index contributed by atoms with van der Waals surface area (Å²) in [6.07, 6.45) is 4.21. The maximum atomic E-state index is 13.0. The minimum absolute atomic E-state index is 0.0185. The number of aryl methyl sites for hydroxylation is 1. The van der Waals surface area contributed by atoms with Gasteiger partial charge in [0.1, 0.15) is 11.6 Å². The molecular formula is C20H25FN2O4S. The molecule has 28 heavy (non-hydrogen) atoms. The van der Waals surface area contributed by atoms with Gasteiger partial charge < -0.3 is 9.73 Å². The van der Waals surface area contributed by atoms with Gasteiger partial charge in [0.2, 0.25) is 15.9 Å². The van der Waals surface area contributed by atoms with Crippen LogP contribution in [0.4, 0.5) is 4.39 Å². The Balaban J connectivity index is 1.41. The molecule has 0 aliphatic carbocycles. The first kappa shape index (κ1) is 20.5. The highest BCUT2D eigenvalue weighted by atomic mass is 32.2. The number of hydrogen-bond acceptors (Lipinski definition) is 4. The highest BCUT2D eigenvalue weighted by Crippen LogP contribution is 2.22. The Morgan fingerprint density at radius 1 is 1.18 bits per heavy atom. The molecule has 0 saturated carbocycles. The van der Waals surface area contributed by atoms with Crippen molar-refractivity contribution in [1.82, 2.24) is 9.62 Å². The van der Waals surface area contributed by atoms with Gasteiger partial charge in [-0.25, -0.2) is 17.1 Å². The number of carbonyl (C=O) groups is 1. The van der Waals surface area contributed by atoms with Crippen molar-refractivity contribution in [2.45, 2.75) is 31.4 Å². The van der Waals surface area contributed by atoms with Crippen molar-refractivity contribution in [3.05, 3.63) is 59.8 Å². The molecule has 2 aromatic rings. The lowest BCUT2D eigenvalue weighted by molar-refractivity contribution is -0.126. The predicted molar refractivity (Wildman–Crippen MR) is 103 cm³/mol. The number of nitrogens with zero attached hydrogens (tertiary/aromatic N) is 1. The van der Waals surface area contributed by atoms with Gasteiger partial charge >= 0.3 is 0 Å². The lowest BCUT2D eigenvalue weighted by atomic mass is 9.97. The van der Waals surface area contributed by atoms with Crippen molar-refractivity contribution in [3.63, 3.8) is 0 Å². The second kappa shape index (κ2) is 9.34. The molecule has 0 atom stereocenters. The third-order valence-corrected chi connectivity index (χ3v) is 6.81. The van der Waals surface area contributed by atoms with E-state index in [9.17, 15) is 17.6 Å². The predicted octanol–water partition coefficient (Wildman–Crippen LogP) is 2.71. The molecule has 1 fully saturated rings. The number of carbonyl (C=O) groups excluding carboxylic acids is 1. The first-order valence-corrected chi connectivity index (χ1v) is 11.1. The van der Waals surface area contributed by atoms with Gasteiger partial charge in [0.15, 0.2) is 0 Å². The molecule has 0 radical (unpaired) electrons. The van der Waals surface area contributed by atoms with Crippen LogP contribution >= 0.6 is 0 Å². The SMILES string of the molecule is O=C(NCCCc1ccco1)C1CCN(S(=O)(=O)Cc2ccc(F)cc2)CC1. The molecule has 8 heteroatoms. The van der Waals surface area contributed by atoms with Crippen molar-refractivity contribution in [2.75, 3.05) is 19.6 Å². The summed E-state index contributed by atoms with van der Waals surface area (Å²) in [7, 11) is -3.48. The Labute approximate surface area is 164 Å². The van der Waals surface area contributed by atoms with Crippen molar-refractivity contribution in [3.8, 4) is 0 Å². The molecule has 6 nitrogen and oxygen atoms in total. The number of halogens is 1. The highest BCUT2D eigenvalue weighted by Gasteiger charge is 2.31. The number of sulfonamides is 1. The third-order valence-electron chi connectivity index (χ3n) is 4.96. The maximum absolute atomic E-state index is 13.0. The fourth-order valence-corrected chi connectivity index (χ4v) is 4.92. The van der Waals surface area contributed by atoms with E-state index < -0.39 is 15.8 Å². The molecule has 1 aliphatic heterocycles. The fraction of sp³-hybridized carbons (Fsp3) is 0.450. The van der Waals surface area contributed by atoms with Crippen LogP contribution in [0.25, 0.3) is 0 Å². The summed E-state index contributed by atoms with van der Waals surface area (Å²) < 4.78 is 44.8. The Hall–Kier alpha value is -2.19. The molecule has 152 valence electrons. The van der Waals surface area contributed by atoms with E-state index >= 15 is 0 Å². The molecule has 0 spiro atoms. The van der Waals surface area contributed by atoms with Gasteiger partial charge in [-0.1, -0.05) is 12.1 Å². The van der Waals surface area contributed by atoms with Gasteiger partial charge in [-0.3, -0.25) is 4.79 Å². The van der Waals surface area contributed by atoms with Gasteiger partial charge in [0.05, 0.1) is 12.0 Å². The second-order valence-corrected chi connectivity index (χ2v) is 9.00. The van der Waals surface area contributed by atoms with Crippen LogP contribution in [0, 0.1) is 11.7 Å². The molecule has 1 aliphatic rings. The van der Waals surface area contributed by atoms with E-state index in [1.54, 1.807) is 6.26 Å². The Kier molecular flexibility index (Phi) is 6.85. The number of furan rings is 1. The van der Waals surface area contributed by atoms with Crippen molar-refractivity contribution in [2.24, 2.45) is 5.92 Å². The van der Waals surface area contributed by atoms with E-state index in [0.29, 0.717) is 38.0 Å². The first-order valence-electron chi connectivity index (χ1n) is 9.46. The van der Waals surface area contributed by atoms with E-state index in [4.69, 9.17) is 4.42 Å². The Morgan fingerprint density at radius 3 is 2.54 bits per heavy atom. The van der Waals surface area contributed by atoms with Crippen molar-refractivity contribution >= 4 is 15.9 Å². The summed E-state index contributed by atoms with van der Waals surface area (Å²) in [5.74, 6) is 0.165. The summed E-state index contributed by atoms with van der Waals surface area (Å²) in [5, 5.41) is 2.93. The van der Waals surface area contributed by atoms with Crippen LogP contribution in [0.1, 0.15) is 30.6 Å². The number of nitrogens with one attached hydrogen (secondary N) is 1. The third kappa shape index (κ3) is 5.65. The Bertz CT molecular complexity index is 858. The number of piperidine rings is 1. The quantitative estimate of drug-likeness (QED) is 0.681. The molecule has 0 unspecified atom stereocenters. The number of amides is 1. The van der Waals surface area contributed by atoms with E-state index in [0.717, 1.165) is 18.6 Å². The standard InChI is InChI=1S/C20H25FN2O4S/c21-18-7-5-16(6-8-18)15-28(25,26)23-12-9-17(10-13-23)20(24)22-11-1-3-19-4-2-14-27-19/h2,4-8,14,17H,1,3,9-13,15H2,(H,22,24). The first-order chi connectivity index (χ1) is 13.4. The van der Waals surface area contributed by atoms with Crippen molar-refractivity contribution < 1.29 is 22.0 Å². The average Bonchev–Trinajstić information content (AvgIpc) is 3.20. The molecule has 1 aromatic carbocycles. The summed E-state index contributed by atoms with van der Waals surface area (Å²) in [6.45, 7) is 1.23. The smallest absolute Gasteiger partial charge is 0.223 e. The zero-order valence-corrected chi connectivity index (χ0v) is 16.5. The molecule has 1 saturated heterocycles. The molecular weight excluding hydrogens is 383 g/mol. The monoisotopic (exact) mass is 408 g/mol. The number of rotatable bonds is 8. The molecule has 1 aromatic heterocycles. The van der Waals surface area contributed by atoms with Gasteiger partial charge in [-0.15, -0.1) is 0 Å². The van der Waals surface area contributed by atoms with Crippen LogP contribution in [-0.2, 0) is 27.0 Å². The van der Waals surface area contributed by atoms with Gasteiger partial charge in [0.25, 0.3) is 0 Å². The minimum Gasteiger partial charge on any atom is -0.469 e. The van der Waals surface area contributed by atoms with Gasteiger partial charge in [-0.2, -0.15) is 0 Å². The molecule has 2 heterocycles. The van der Waals surface area contributed by atoms with Gasteiger partial charge in [0, 0.05) is 32.0 Å². The fourth-order valence-electron chi connectivity index (χ4n) is 3.35. The van der Waals surface area contributed by atoms with Crippen LogP contribution in [0.2, 0.25) is 0 Å². The molecule has 1 N–H and O–H groups in total. The topological polar surface area (TPSA) is 79.6 Å². The molecule has 0 bridgehead atoms. The summed E-state index contributed by atoms with van der Waals surface area (Å²) in [6, 6.07) is 9.22. The van der Waals surface area contributed by atoms with Crippen LogP contribution in [-0.4, -0.2) is 38.3 Å². The highest BCUT2D eigenvalue weighted by molar-refractivity contribution is 7.88. The second-order valence-electron chi connectivity index (χ2n) is 7.03. The Morgan fingerprint density at radius 2 is 1.89 bits per heavy atom. The van der Waals surface area contributed by atoms with E-state index in [1.165, 1.54) is 28.6 Å². The molecule has 1 amide bonds. The number of benzene rings is 1. The van der Waals surface area contributed by atoms with E-state index in [-0.39, 0.29) is 17.6 Å². The lowest BCUT2D eigenvalue weighted by Crippen LogP contribution is -2.43. The summed E-state index contributed by atoms with van der Waals surface area (Å²) in [4.78, 5) is 12.3. The van der Waals surface area contributed by atoms with Crippen LogP contribution in [0.3, 0.4) is 0 Å². The van der Waals surface area contributed by atoms with Gasteiger partial charge in [-0.05, 0) is 49.1 Å². The van der Waals surface area contributed by atoms with Crippen LogP contribution < -0.4 is 5.32 Å². The summed E-state index contributed by atoms with van der Waals surface area (Å²) in [5.41, 5.74) is 0.554. The van der Waals surface area contributed by atoms with Crippen LogP contribution in [0.5, 0.6) is 0 Å². The van der Waals surface area contributed by atoms with Crippen LogP contribution in [0.15, 0.2) is 47.1 Å². The zero-order valence-electron chi connectivity index (χ0n) is 15.6. The minimum atomic E-state index is -3.48. The number of hydrogen-bond donors (Lipinski definition) is 1. The summed E-state index contributed by atoms with van der Waals surface area (Å²) >= 11 is 0. The zero-order chi connectivity index (χ0) is 20.0. The van der Waals surface area contributed by atoms with E-state index in [2.05, 4.69) is 5.32 Å². The lowest BCUT2D eigenvalue weighted by Gasteiger charge is -2.30. The molecule has 3 rings (SSSR count). The maximum Gasteiger partial charge on any atom is 0.223 e. The normalized spacial score (nSPS) is 16.2. The average molecular weight is 408 g/mol.